The van der Waals surface area contributed by atoms with Crippen molar-refractivity contribution in [3.63, 3.8) is 0 Å². The topological polar surface area (TPSA) is 73.5 Å². The maximum atomic E-state index is 4.05. The maximum absolute atomic E-state index is 4.05. The summed E-state index contributed by atoms with van der Waals surface area (Å²) in [4.78, 5) is 0. The molecule has 2 aromatic heterocycles. The van der Waals surface area contributed by atoms with Gasteiger partial charge in [-0.2, -0.15) is 0 Å². The molecule has 0 saturated heterocycles. The minimum absolute atomic E-state index is 0.512. The molecule has 0 unspecified atom stereocenters. The van der Waals surface area contributed by atoms with Gasteiger partial charge in [-0.1, -0.05) is 17.3 Å². The molecule has 3 rings (SSSR count). The lowest BCUT2D eigenvalue weighted by atomic mass is 10.3. The van der Waals surface area contributed by atoms with Gasteiger partial charge in [0.05, 0.1) is 5.52 Å². The Hall–Kier alpha value is -2.44. The number of nitrogens with zero attached hydrogens (tertiary/aromatic N) is 6. The van der Waals surface area contributed by atoms with Crippen molar-refractivity contribution in [3.8, 4) is 0 Å². The largest absolute Gasteiger partial charge is 0.302 e. The summed E-state index contributed by atoms with van der Waals surface area (Å²) in [5, 5.41) is 15.5. The molecule has 0 aliphatic carbocycles. The van der Waals surface area contributed by atoms with Crippen LogP contribution < -0.4 is 5.43 Å². The van der Waals surface area contributed by atoms with Crippen molar-refractivity contribution in [2.45, 2.75) is 6.67 Å². The fourth-order valence-electron chi connectivity index (χ4n) is 1.47. The number of aromatic nitrogens is 6. The predicted octanol–water partition coefficient (Wildman–Crippen LogP) is 0.224. The Morgan fingerprint density at radius 2 is 1.94 bits per heavy atom. The van der Waals surface area contributed by atoms with Crippen LogP contribution >= 0.6 is 0 Å². The summed E-state index contributed by atoms with van der Waals surface area (Å²) < 4.78 is 3.44. The first kappa shape index (κ1) is 8.84. The number of nitrogens with one attached hydrogen (secondary N) is 1. The van der Waals surface area contributed by atoms with E-state index >= 15 is 0 Å². The van der Waals surface area contributed by atoms with Gasteiger partial charge in [0.15, 0.2) is 0 Å². The van der Waals surface area contributed by atoms with E-state index in [1.807, 2.05) is 24.3 Å². The molecule has 0 amide bonds. The number of fused-ring (bicyclic) bond motifs is 1. The molecular weight excluding hydrogens is 206 g/mol. The molecule has 2 heterocycles. The van der Waals surface area contributed by atoms with E-state index < -0.39 is 0 Å². The summed E-state index contributed by atoms with van der Waals surface area (Å²) in [6.45, 7) is 0.512. The number of para-hydroxylation sites is 1. The van der Waals surface area contributed by atoms with E-state index in [0.29, 0.717) is 6.67 Å². The standard InChI is InChI=1S/C9H9N7/c1-2-4-9-8(3-1)13-14-16(9)7-12-15-5-10-11-6-15/h1-6,12H,7H2. The summed E-state index contributed by atoms with van der Waals surface area (Å²) >= 11 is 0. The van der Waals surface area contributed by atoms with Crippen molar-refractivity contribution in [1.82, 2.24) is 29.9 Å². The van der Waals surface area contributed by atoms with Crippen LogP contribution in [0.1, 0.15) is 0 Å². The van der Waals surface area contributed by atoms with E-state index in [4.69, 9.17) is 0 Å². The molecule has 7 heteroatoms. The zero-order valence-electron chi connectivity index (χ0n) is 8.35. The van der Waals surface area contributed by atoms with E-state index in [0.717, 1.165) is 11.0 Å². The van der Waals surface area contributed by atoms with Crippen LogP contribution in [0.3, 0.4) is 0 Å². The van der Waals surface area contributed by atoms with E-state index in [2.05, 4.69) is 25.9 Å². The number of hydrogen-bond acceptors (Lipinski definition) is 5. The van der Waals surface area contributed by atoms with Crippen molar-refractivity contribution < 1.29 is 0 Å². The monoisotopic (exact) mass is 215 g/mol. The lowest BCUT2D eigenvalue weighted by molar-refractivity contribution is 0.605. The Bertz CT molecular complexity index is 583. The highest BCUT2D eigenvalue weighted by molar-refractivity contribution is 5.73. The zero-order chi connectivity index (χ0) is 10.8. The highest BCUT2D eigenvalue weighted by Crippen LogP contribution is 2.08. The molecule has 1 N–H and O–H groups in total. The number of rotatable bonds is 3. The molecule has 0 saturated carbocycles. The molecule has 80 valence electrons. The molecule has 0 bridgehead atoms. The van der Waals surface area contributed by atoms with E-state index in [-0.39, 0.29) is 0 Å². The Labute approximate surface area is 90.7 Å². The fraction of sp³-hybridized carbons (Fsp3) is 0.111. The number of benzene rings is 1. The van der Waals surface area contributed by atoms with Gasteiger partial charge in [0.25, 0.3) is 0 Å². The van der Waals surface area contributed by atoms with Crippen LogP contribution in [0.4, 0.5) is 0 Å². The lowest BCUT2D eigenvalue weighted by Crippen LogP contribution is -2.18. The second kappa shape index (κ2) is 3.61. The second-order valence-corrected chi connectivity index (χ2v) is 3.26. The van der Waals surface area contributed by atoms with Crippen LogP contribution in [0.15, 0.2) is 36.9 Å². The fourth-order valence-corrected chi connectivity index (χ4v) is 1.47. The average molecular weight is 215 g/mol. The smallest absolute Gasteiger partial charge is 0.138 e. The van der Waals surface area contributed by atoms with Crippen molar-refractivity contribution in [1.29, 1.82) is 0 Å². The van der Waals surface area contributed by atoms with E-state index in [9.17, 15) is 0 Å². The first-order chi connectivity index (χ1) is 7.93. The molecule has 0 aliphatic heterocycles. The van der Waals surface area contributed by atoms with Gasteiger partial charge in [-0.25, -0.2) is 9.36 Å². The van der Waals surface area contributed by atoms with Crippen molar-refractivity contribution in [2.75, 3.05) is 5.43 Å². The SMILES string of the molecule is c1ccc2c(c1)nnn2CNn1cnnc1. The van der Waals surface area contributed by atoms with Gasteiger partial charge >= 0.3 is 0 Å². The van der Waals surface area contributed by atoms with Crippen LogP contribution in [0.25, 0.3) is 11.0 Å². The van der Waals surface area contributed by atoms with E-state index in [1.54, 1.807) is 22.0 Å². The first-order valence-electron chi connectivity index (χ1n) is 4.80. The molecule has 16 heavy (non-hydrogen) atoms. The minimum atomic E-state index is 0.512. The normalized spacial score (nSPS) is 10.8. The van der Waals surface area contributed by atoms with Crippen LogP contribution in [0.2, 0.25) is 0 Å². The van der Waals surface area contributed by atoms with E-state index in [1.165, 1.54) is 0 Å². The summed E-state index contributed by atoms with van der Waals surface area (Å²) in [6.07, 6.45) is 3.16. The van der Waals surface area contributed by atoms with Gasteiger partial charge in [-0.3, -0.25) is 0 Å². The highest BCUT2D eigenvalue weighted by Gasteiger charge is 2.01. The molecule has 1 aromatic carbocycles. The Morgan fingerprint density at radius 1 is 1.12 bits per heavy atom. The minimum Gasteiger partial charge on any atom is -0.302 e. The Balaban J connectivity index is 1.84. The first-order valence-corrected chi connectivity index (χ1v) is 4.80. The zero-order valence-corrected chi connectivity index (χ0v) is 8.35. The van der Waals surface area contributed by atoms with Gasteiger partial charge in [0, 0.05) is 0 Å². The van der Waals surface area contributed by atoms with Gasteiger partial charge in [-0.05, 0) is 12.1 Å². The molecule has 0 radical (unpaired) electrons. The van der Waals surface area contributed by atoms with Crippen LogP contribution in [0, 0.1) is 0 Å². The molecule has 3 aromatic rings. The Kier molecular flexibility index (Phi) is 1.99. The molecule has 0 fully saturated rings. The third kappa shape index (κ3) is 1.48. The second-order valence-electron chi connectivity index (χ2n) is 3.26. The summed E-state index contributed by atoms with van der Waals surface area (Å²) in [6, 6.07) is 7.80. The summed E-state index contributed by atoms with van der Waals surface area (Å²) in [7, 11) is 0. The number of hydrogen-bond donors (Lipinski definition) is 1. The van der Waals surface area contributed by atoms with Gasteiger partial charge in [0.1, 0.15) is 24.8 Å². The predicted molar refractivity (Wildman–Crippen MR) is 56.9 cm³/mol. The summed E-state index contributed by atoms with van der Waals surface area (Å²) in [5.74, 6) is 0. The van der Waals surface area contributed by atoms with Crippen LogP contribution in [0.5, 0.6) is 0 Å². The maximum Gasteiger partial charge on any atom is 0.138 e. The van der Waals surface area contributed by atoms with Crippen molar-refractivity contribution in [2.24, 2.45) is 0 Å². The molecule has 7 nitrogen and oxygen atoms in total. The quantitative estimate of drug-likeness (QED) is 0.676. The van der Waals surface area contributed by atoms with Crippen molar-refractivity contribution in [3.05, 3.63) is 36.9 Å². The summed E-state index contributed by atoms with van der Waals surface area (Å²) in [5.41, 5.74) is 4.94. The molecule has 0 aliphatic rings. The van der Waals surface area contributed by atoms with Gasteiger partial charge < -0.3 is 5.43 Å². The molecular formula is C9H9N7. The van der Waals surface area contributed by atoms with Crippen LogP contribution in [-0.4, -0.2) is 29.9 Å². The average Bonchev–Trinajstić information content (AvgIpc) is 2.96. The van der Waals surface area contributed by atoms with Crippen molar-refractivity contribution >= 4 is 11.0 Å². The third-order valence-corrected chi connectivity index (χ3v) is 2.24. The highest BCUT2D eigenvalue weighted by atomic mass is 15.5. The lowest BCUT2D eigenvalue weighted by Gasteiger charge is -2.05. The van der Waals surface area contributed by atoms with Gasteiger partial charge in [0.2, 0.25) is 0 Å². The third-order valence-electron chi connectivity index (χ3n) is 2.24. The van der Waals surface area contributed by atoms with Crippen LogP contribution in [-0.2, 0) is 6.67 Å². The Morgan fingerprint density at radius 3 is 2.81 bits per heavy atom. The molecule has 0 spiro atoms. The van der Waals surface area contributed by atoms with Gasteiger partial charge in [-0.15, -0.1) is 15.3 Å². The molecule has 0 atom stereocenters.